The molecule has 0 radical (unpaired) electrons. The van der Waals surface area contributed by atoms with Crippen molar-refractivity contribution in [2.24, 2.45) is 0 Å². The Hall–Kier alpha value is -1.27. The van der Waals surface area contributed by atoms with Crippen LogP contribution in [-0.2, 0) is 9.53 Å². The molecule has 5 nitrogen and oxygen atoms in total. The second-order valence-corrected chi connectivity index (χ2v) is 5.26. The molecule has 1 aliphatic rings. The molecule has 1 heterocycles. The summed E-state index contributed by atoms with van der Waals surface area (Å²) >= 11 is 3.40. The molecule has 0 fully saturated rings. The lowest BCUT2D eigenvalue weighted by atomic mass is 10.1. The van der Waals surface area contributed by atoms with Crippen LogP contribution in [0, 0.1) is 0 Å². The molecule has 0 amide bonds. The van der Waals surface area contributed by atoms with E-state index in [2.05, 4.69) is 15.9 Å². The van der Waals surface area contributed by atoms with Crippen molar-refractivity contribution in [1.82, 2.24) is 0 Å². The van der Waals surface area contributed by atoms with Gasteiger partial charge in [-0.2, -0.15) is 0 Å². The molecule has 20 heavy (non-hydrogen) atoms. The quantitative estimate of drug-likeness (QED) is 0.850. The predicted octanol–water partition coefficient (Wildman–Crippen LogP) is 2.60. The second kappa shape index (κ2) is 6.95. The minimum atomic E-state index is -0.928. The van der Waals surface area contributed by atoms with Crippen molar-refractivity contribution in [3.05, 3.63) is 22.2 Å². The van der Waals surface area contributed by atoms with Gasteiger partial charge in [-0.05, 0) is 40.5 Å². The van der Waals surface area contributed by atoms with Gasteiger partial charge in [0.1, 0.15) is 0 Å². The lowest BCUT2D eigenvalue weighted by Gasteiger charge is -2.15. The maximum Gasteiger partial charge on any atom is 0.308 e. The van der Waals surface area contributed by atoms with E-state index in [4.69, 9.17) is 14.2 Å². The van der Waals surface area contributed by atoms with Crippen molar-refractivity contribution in [2.75, 3.05) is 19.8 Å². The van der Waals surface area contributed by atoms with Crippen LogP contribution >= 0.6 is 15.9 Å². The highest BCUT2D eigenvalue weighted by Crippen LogP contribution is 2.40. The van der Waals surface area contributed by atoms with Crippen LogP contribution in [0.5, 0.6) is 11.5 Å². The molecule has 0 aromatic heterocycles. The van der Waals surface area contributed by atoms with Crippen molar-refractivity contribution in [3.63, 3.8) is 0 Å². The number of rotatable bonds is 4. The predicted molar refractivity (Wildman–Crippen MR) is 76.0 cm³/mol. The first-order chi connectivity index (χ1) is 9.61. The molecule has 1 unspecified atom stereocenters. The zero-order chi connectivity index (χ0) is 14.5. The number of esters is 1. The van der Waals surface area contributed by atoms with Gasteiger partial charge in [-0.3, -0.25) is 4.79 Å². The number of aliphatic hydroxyl groups excluding tert-OH is 1. The molecule has 1 aromatic carbocycles. The fourth-order valence-corrected chi connectivity index (χ4v) is 2.51. The summed E-state index contributed by atoms with van der Waals surface area (Å²) in [5, 5.41) is 10.1. The smallest absolute Gasteiger partial charge is 0.308 e. The van der Waals surface area contributed by atoms with E-state index in [0.29, 0.717) is 41.4 Å². The molecule has 0 saturated carbocycles. The van der Waals surface area contributed by atoms with Gasteiger partial charge in [-0.15, -0.1) is 0 Å². The van der Waals surface area contributed by atoms with Gasteiger partial charge < -0.3 is 19.3 Å². The maximum atomic E-state index is 11.4. The summed E-state index contributed by atoms with van der Waals surface area (Å²) in [6.07, 6.45) is -0.204. The third-order valence-corrected chi connectivity index (χ3v) is 3.46. The average Bonchev–Trinajstić information content (AvgIpc) is 2.64. The summed E-state index contributed by atoms with van der Waals surface area (Å²) < 4.78 is 16.7. The Bertz CT molecular complexity index is 489. The number of hydrogen-bond acceptors (Lipinski definition) is 5. The molecular weight excluding hydrogens is 328 g/mol. The number of carbonyl (C=O) groups excluding carboxylic acids is 1. The van der Waals surface area contributed by atoms with E-state index in [9.17, 15) is 9.90 Å². The third kappa shape index (κ3) is 3.64. The average molecular weight is 345 g/mol. The van der Waals surface area contributed by atoms with Crippen molar-refractivity contribution in [3.8, 4) is 11.5 Å². The lowest BCUT2D eigenvalue weighted by Crippen LogP contribution is -2.10. The van der Waals surface area contributed by atoms with Gasteiger partial charge in [-0.25, -0.2) is 0 Å². The Morgan fingerprint density at radius 2 is 2.20 bits per heavy atom. The van der Waals surface area contributed by atoms with E-state index in [1.165, 1.54) is 0 Å². The molecule has 1 aliphatic heterocycles. The number of benzene rings is 1. The normalized spacial score (nSPS) is 15.3. The van der Waals surface area contributed by atoms with Crippen molar-refractivity contribution < 1.29 is 24.1 Å². The molecule has 0 spiro atoms. The van der Waals surface area contributed by atoms with E-state index in [-0.39, 0.29) is 6.42 Å². The minimum Gasteiger partial charge on any atom is -0.490 e. The Kier molecular flexibility index (Phi) is 5.25. The van der Waals surface area contributed by atoms with E-state index in [0.717, 1.165) is 6.42 Å². The number of carbonyl (C=O) groups is 1. The first-order valence-corrected chi connectivity index (χ1v) is 7.33. The molecule has 110 valence electrons. The van der Waals surface area contributed by atoms with Crippen LogP contribution in [0.25, 0.3) is 0 Å². The van der Waals surface area contributed by atoms with E-state index >= 15 is 0 Å². The van der Waals surface area contributed by atoms with Gasteiger partial charge in [-0.1, -0.05) is 0 Å². The summed E-state index contributed by atoms with van der Waals surface area (Å²) in [5.41, 5.74) is 0.592. The van der Waals surface area contributed by atoms with Crippen molar-refractivity contribution >= 4 is 21.9 Å². The Labute approximate surface area is 126 Å². The summed E-state index contributed by atoms with van der Waals surface area (Å²) in [4.78, 5) is 11.4. The zero-order valence-corrected chi connectivity index (χ0v) is 12.8. The Balaban J connectivity index is 2.18. The summed E-state index contributed by atoms with van der Waals surface area (Å²) in [6.45, 7) is 3.19. The lowest BCUT2D eigenvalue weighted by molar-refractivity contribution is -0.145. The minimum absolute atomic E-state index is 0.0834. The van der Waals surface area contributed by atoms with Gasteiger partial charge in [0.25, 0.3) is 0 Å². The monoisotopic (exact) mass is 344 g/mol. The molecule has 1 N–H and O–H groups in total. The number of halogens is 1. The number of ether oxygens (including phenoxy) is 3. The number of hydrogen-bond donors (Lipinski definition) is 1. The number of fused-ring (bicyclic) bond motifs is 1. The fraction of sp³-hybridized carbons (Fsp3) is 0.500. The molecule has 2 rings (SSSR count). The summed E-state index contributed by atoms with van der Waals surface area (Å²) in [5.74, 6) is 0.785. The Morgan fingerprint density at radius 3 is 2.95 bits per heavy atom. The highest BCUT2D eigenvalue weighted by atomic mass is 79.9. The molecular formula is C14H17BrO5. The Morgan fingerprint density at radius 1 is 1.45 bits per heavy atom. The summed E-state index contributed by atoms with van der Waals surface area (Å²) in [7, 11) is 0. The maximum absolute atomic E-state index is 11.4. The first-order valence-electron chi connectivity index (χ1n) is 6.54. The second-order valence-electron chi connectivity index (χ2n) is 4.41. The summed E-state index contributed by atoms with van der Waals surface area (Å²) in [6, 6.07) is 3.44. The molecule has 0 bridgehead atoms. The topological polar surface area (TPSA) is 65.0 Å². The molecule has 1 aromatic rings. The molecule has 0 aliphatic carbocycles. The van der Waals surface area contributed by atoms with Crippen LogP contribution in [0.1, 0.15) is 31.4 Å². The van der Waals surface area contributed by atoms with E-state index in [1.807, 2.05) is 0 Å². The van der Waals surface area contributed by atoms with Gasteiger partial charge in [0.15, 0.2) is 11.5 Å². The third-order valence-electron chi connectivity index (χ3n) is 2.87. The van der Waals surface area contributed by atoms with Gasteiger partial charge in [0, 0.05) is 6.42 Å². The number of aliphatic hydroxyl groups is 1. The molecule has 0 saturated heterocycles. The van der Waals surface area contributed by atoms with Crippen LogP contribution in [-0.4, -0.2) is 30.9 Å². The van der Waals surface area contributed by atoms with Crippen LogP contribution in [0.4, 0.5) is 0 Å². The van der Waals surface area contributed by atoms with E-state index in [1.54, 1.807) is 19.1 Å². The van der Waals surface area contributed by atoms with E-state index < -0.39 is 12.1 Å². The largest absolute Gasteiger partial charge is 0.490 e. The standard InChI is InChI=1S/C14H17BrO5/c1-2-18-13(17)8-11(16)9-6-10(15)14-12(7-9)19-4-3-5-20-14/h6-7,11,16H,2-5,8H2,1H3. The highest BCUT2D eigenvalue weighted by Gasteiger charge is 2.20. The first kappa shape index (κ1) is 15.1. The van der Waals surface area contributed by atoms with Gasteiger partial charge in [0.05, 0.1) is 36.8 Å². The van der Waals surface area contributed by atoms with Crippen LogP contribution < -0.4 is 9.47 Å². The van der Waals surface area contributed by atoms with Gasteiger partial charge >= 0.3 is 5.97 Å². The van der Waals surface area contributed by atoms with Gasteiger partial charge in [0.2, 0.25) is 0 Å². The van der Waals surface area contributed by atoms with Crippen molar-refractivity contribution in [1.29, 1.82) is 0 Å². The highest BCUT2D eigenvalue weighted by molar-refractivity contribution is 9.10. The molecule has 6 heteroatoms. The fourth-order valence-electron chi connectivity index (χ4n) is 1.94. The zero-order valence-electron chi connectivity index (χ0n) is 11.2. The van der Waals surface area contributed by atoms with Crippen molar-refractivity contribution in [2.45, 2.75) is 25.9 Å². The van der Waals surface area contributed by atoms with Crippen LogP contribution in [0.3, 0.4) is 0 Å². The van der Waals surface area contributed by atoms with Crippen LogP contribution in [0.15, 0.2) is 16.6 Å². The van der Waals surface area contributed by atoms with Crippen LogP contribution in [0.2, 0.25) is 0 Å². The molecule has 1 atom stereocenters. The SMILES string of the molecule is CCOC(=O)CC(O)c1cc(Br)c2c(c1)OCCCO2.